The Kier molecular flexibility index (Phi) is 3.13. The summed E-state index contributed by atoms with van der Waals surface area (Å²) < 4.78 is 0.650. The molecule has 4 heteroatoms. The van der Waals surface area contributed by atoms with Gasteiger partial charge in [-0.05, 0) is 83.0 Å². The number of halogens is 1. The number of rotatable bonds is 0. The summed E-state index contributed by atoms with van der Waals surface area (Å²) >= 11 is 3.45. The van der Waals surface area contributed by atoms with Gasteiger partial charge in [-0.1, -0.05) is 6.92 Å². The highest BCUT2D eigenvalue weighted by molar-refractivity contribution is 9.10. The first-order valence-corrected chi connectivity index (χ1v) is 8.99. The van der Waals surface area contributed by atoms with Crippen LogP contribution >= 0.6 is 15.9 Å². The van der Waals surface area contributed by atoms with Gasteiger partial charge >= 0.3 is 0 Å². The van der Waals surface area contributed by atoms with Crippen molar-refractivity contribution < 1.29 is 15.0 Å². The molecular formula is C18H21BrO3. The maximum Gasteiger partial charge on any atom is 0.172 e. The Morgan fingerprint density at radius 2 is 2.00 bits per heavy atom. The van der Waals surface area contributed by atoms with E-state index in [2.05, 4.69) is 22.9 Å². The van der Waals surface area contributed by atoms with Crippen LogP contribution in [0.2, 0.25) is 0 Å². The van der Waals surface area contributed by atoms with E-state index in [4.69, 9.17) is 0 Å². The van der Waals surface area contributed by atoms with E-state index in [0.29, 0.717) is 28.0 Å². The van der Waals surface area contributed by atoms with Crippen molar-refractivity contribution in [1.82, 2.24) is 0 Å². The molecule has 0 heterocycles. The van der Waals surface area contributed by atoms with Gasteiger partial charge in [0.1, 0.15) is 5.78 Å². The van der Waals surface area contributed by atoms with E-state index < -0.39 is 0 Å². The molecule has 2 saturated carbocycles. The molecule has 0 unspecified atom stereocenters. The molecule has 4 atom stereocenters. The van der Waals surface area contributed by atoms with Crippen molar-refractivity contribution in [2.24, 2.45) is 17.3 Å². The van der Waals surface area contributed by atoms with Crippen molar-refractivity contribution in [1.29, 1.82) is 0 Å². The lowest BCUT2D eigenvalue weighted by atomic mass is 9.55. The van der Waals surface area contributed by atoms with Gasteiger partial charge in [-0.2, -0.15) is 0 Å². The molecule has 0 amide bonds. The number of phenols is 2. The molecule has 2 fully saturated rings. The van der Waals surface area contributed by atoms with Gasteiger partial charge in [-0.15, -0.1) is 0 Å². The predicted octanol–water partition coefficient (Wildman–Crippen LogP) is 4.29. The van der Waals surface area contributed by atoms with Crippen LogP contribution in [0, 0.1) is 17.3 Å². The molecule has 0 saturated heterocycles. The Labute approximate surface area is 138 Å². The molecule has 0 aliphatic heterocycles. The first-order valence-electron chi connectivity index (χ1n) is 8.20. The summed E-state index contributed by atoms with van der Waals surface area (Å²) in [6, 6.07) is 1.76. The van der Waals surface area contributed by atoms with Gasteiger partial charge in [0.25, 0.3) is 0 Å². The largest absolute Gasteiger partial charge is 0.504 e. The number of carbonyl (C=O) groups excluding carboxylic acids is 1. The van der Waals surface area contributed by atoms with Crippen molar-refractivity contribution in [2.45, 2.75) is 51.4 Å². The number of fused-ring (bicyclic) bond motifs is 5. The number of phenolic OH excluding ortho intramolecular Hbond substituents is 2. The number of benzene rings is 1. The zero-order chi connectivity index (χ0) is 15.6. The van der Waals surface area contributed by atoms with Gasteiger partial charge in [-0.25, -0.2) is 0 Å². The fourth-order valence-electron chi connectivity index (χ4n) is 5.43. The Hall–Kier alpha value is -1.03. The molecule has 22 heavy (non-hydrogen) atoms. The molecule has 1 aromatic rings. The predicted molar refractivity (Wildman–Crippen MR) is 87.1 cm³/mol. The molecule has 4 rings (SSSR count). The molecular weight excluding hydrogens is 344 g/mol. The molecule has 0 bridgehead atoms. The summed E-state index contributed by atoms with van der Waals surface area (Å²) in [6.07, 6.45) is 5.71. The quantitative estimate of drug-likeness (QED) is 0.675. The fraction of sp³-hybridized carbons (Fsp3) is 0.611. The highest BCUT2D eigenvalue weighted by Crippen LogP contribution is 2.60. The zero-order valence-corrected chi connectivity index (χ0v) is 14.3. The van der Waals surface area contributed by atoms with E-state index in [1.165, 1.54) is 5.56 Å². The van der Waals surface area contributed by atoms with Crippen LogP contribution in [0.1, 0.15) is 56.1 Å². The first-order chi connectivity index (χ1) is 10.4. The summed E-state index contributed by atoms with van der Waals surface area (Å²) in [5.74, 6) is 1.80. The van der Waals surface area contributed by atoms with Crippen LogP contribution in [0.5, 0.6) is 11.5 Å². The summed E-state index contributed by atoms with van der Waals surface area (Å²) in [7, 11) is 0. The summed E-state index contributed by atoms with van der Waals surface area (Å²) in [6.45, 7) is 2.17. The molecule has 0 spiro atoms. The molecule has 1 aromatic carbocycles. The minimum Gasteiger partial charge on any atom is -0.504 e. The van der Waals surface area contributed by atoms with Crippen LogP contribution in [0.25, 0.3) is 0 Å². The van der Waals surface area contributed by atoms with Crippen molar-refractivity contribution in [3.63, 3.8) is 0 Å². The number of aromatic hydroxyl groups is 2. The average molecular weight is 365 g/mol. The lowest BCUT2D eigenvalue weighted by molar-refractivity contribution is -0.129. The van der Waals surface area contributed by atoms with Crippen molar-refractivity contribution in [3.05, 3.63) is 21.7 Å². The van der Waals surface area contributed by atoms with Crippen LogP contribution in [0.15, 0.2) is 10.5 Å². The molecule has 3 nitrogen and oxygen atoms in total. The van der Waals surface area contributed by atoms with E-state index in [-0.39, 0.29) is 16.9 Å². The Morgan fingerprint density at radius 1 is 1.23 bits per heavy atom. The second-order valence-corrected chi connectivity index (χ2v) is 8.25. The van der Waals surface area contributed by atoms with Crippen LogP contribution in [-0.2, 0) is 11.2 Å². The van der Waals surface area contributed by atoms with Gasteiger partial charge in [0.2, 0.25) is 0 Å². The third-order valence-corrected chi connectivity index (χ3v) is 7.48. The second-order valence-electron chi connectivity index (χ2n) is 7.46. The van der Waals surface area contributed by atoms with Crippen LogP contribution in [0.3, 0.4) is 0 Å². The maximum absolute atomic E-state index is 12.3. The van der Waals surface area contributed by atoms with Gasteiger partial charge in [0.15, 0.2) is 11.5 Å². The minimum atomic E-state index is -0.116. The average Bonchev–Trinajstić information content (AvgIpc) is 2.80. The maximum atomic E-state index is 12.3. The lowest BCUT2D eigenvalue weighted by Gasteiger charge is -2.48. The third kappa shape index (κ3) is 1.76. The Morgan fingerprint density at radius 3 is 2.77 bits per heavy atom. The SMILES string of the molecule is C[C@]12CC[C@@H]3c4cc(O)c(O)c(Br)c4CC[C@H]3[C@@H]1CCC2=O. The van der Waals surface area contributed by atoms with Crippen LogP contribution in [-0.4, -0.2) is 16.0 Å². The molecule has 0 radical (unpaired) electrons. The number of hydrogen-bond donors (Lipinski definition) is 2. The molecule has 0 aromatic heterocycles. The molecule has 2 N–H and O–H groups in total. The van der Waals surface area contributed by atoms with Crippen LogP contribution < -0.4 is 0 Å². The molecule has 3 aliphatic carbocycles. The van der Waals surface area contributed by atoms with Crippen LogP contribution in [0.4, 0.5) is 0 Å². The minimum absolute atomic E-state index is 0.0397. The topological polar surface area (TPSA) is 57.5 Å². The van der Waals surface area contributed by atoms with Gasteiger partial charge in [0, 0.05) is 11.8 Å². The van der Waals surface area contributed by atoms with E-state index in [9.17, 15) is 15.0 Å². The number of carbonyl (C=O) groups is 1. The normalized spacial score (nSPS) is 36.6. The molecule has 118 valence electrons. The van der Waals surface area contributed by atoms with Gasteiger partial charge in [-0.3, -0.25) is 4.79 Å². The Balaban J connectivity index is 1.78. The van der Waals surface area contributed by atoms with E-state index >= 15 is 0 Å². The highest BCUT2D eigenvalue weighted by Gasteiger charge is 2.54. The monoisotopic (exact) mass is 364 g/mol. The lowest BCUT2D eigenvalue weighted by Crippen LogP contribution is -2.42. The van der Waals surface area contributed by atoms with E-state index in [1.54, 1.807) is 6.07 Å². The zero-order valence-electron chi connectivity index (χ0n) is 12.7. The number of ketones is 1. The number of hydrogen-bond acceptors (Lipinski definition) is 3. The van der Waals surface area contributed by atoms with Gasteiger partial charge < -0.3 is 10.2 Å². The van der Waals surface area contributed by atoms with Crippen molar-refractivity contribution in [2.75, 3.05) is 0 Å². The first kappa shape index (κ1) is 14.6. The standard InChI is InChI=1S/C18H21BrO3/c1-18-7-6-9-10(13(18)4-5-15(18)21)2-3-11-12(9)8-14(20)17(22)16(11)19/h8-10,13,20,22H,2-7H2,1H3/t9-,10+,13-,18-/m0/s1. The summed E-state index contributed by atoms with van der Waals surface area (Å²) in [5.41, 5.74) is 2.21. The summed E-state index contributed by atoms with van der Waals surface area (Å²) in [4.78, 5) is 12.3. The fourth-order valence-corrected chi connectivity index (χ4v) is 6.06. The van der Waals surface area contributed by atoms with Crippen molar-refractivity contribution in [3.8, 4) is 11.5 Å². The smallest absolute Gasteiger partial charge is 0.172 e. The summed E-state index contributed by atoms with van der Waals surface area (Å²) in [5, 5.41) is 19.9. The van der Waals surface area contributed by atoms with E-state index in [0.717, 1.165) is 44.1 Å². The highest BCUT2D eigenvalue weighted by atomic mass is 79.9. The van der Waals surface area contributed by atoms with E-state index in [1.807, 2.05) is 0 Å². The number of Topliss-reactive ketones (excluding diaryl/α,β-unsaturated/α-hetero) is 1. The molecule has 3 aliphatic rings. The second kappa shape index (κ2) is 4.73. The van der Waals surface area contributed by atoms with Gasteiger partial charge in [0.05, 0.1) is 4.47 Å². The van der Waals surface area contributed by atoms with Crippen molar-refractivity contribution >= 4 is 21.7 Å². The Bertz CT molecular complexity index is 669. The third-order valence-electron chi connectivity index (χ3n) is 6.63.